The quantitative estimate of drug-likeness (QED) is 0.677. The second kappa shape index (κ2) is 5.45. The smallest absolute Gasteiger partial charge is 0.330 e. The number of benzene rings is 1. The molecule has 1 aromatic rings. The highest BCUT2D eigenvalue weighted by Gasteiger charge is 2.59. The Morgan fingerprint density at radius 1 is 1.25 bits per heavy atom. The summed E-state index contributed by atoms with van der Waals surface area (Å²) in [4.78, 5) is 24.8. The third kappa shape index (κ3) is 2.11. The van der Waals surface area contributed by atoms with Crippen molar-refractivity contribution in [1.29, 1.82) is 0 Å². The highest BCUT2D eigenvalue weighted by atomic mass is 16.6. The van der Waals surface area contributed by atoms with E-state index in [-0.39, 0.29) is 23.7 Å². The number of nitrogens with one attached hydrogen (secondary N) is 1. The topological polar surface area (TPSA) is 64.6 Å². The molecule has 1 aromatic carbocycles. The van der Waals surface area contributed by atoms with Crippen molar-refractivity contribution in [3.05, 3.63) is 48.0 Å². The summed E-state index contributed by atoms with van der Waals surface area (Å²) in [6, 6.07) is 9.40. The number of ether oxygens (including phenoxy) is 2. The summed E-state index contributed by atoms with van der Waals surface area (Å²) >= 11 is 0. The third-order valence-corrected chi connectivity index (χ3v) is 5.76. The summed E-state index contributed by atoms with van der Waals surface area (Å²) in [5.41, 5.74) is -0.281. The fraction of sp³-hybridized carbons (Fsp3) is 0.474. The van der Waals surface area contributed by atoms with E-state index in [0.29, 0.717) is 5.92 Å². The van der Waals surface area contributed by atoms with Gasteiger partial charge in [-0.2, -0.15) is 0 Å². The molecule has 0 radical (unpaired) electrons. The van der Waals surface area contributed by atoms with Crippen molar-refractivity contribution in [1.82, 2.24) is 5.32 Å². The van der Waals surface area contributed by atoms with Crippen LogP contribution in [0.5, 0.6) is 0 Å². The van der Waals surface area contributed by atoms with E-state index in [2.05, 4.69) is 17.5 Å². The Morgan fingerprint density at radius 2 is 1.96 bits per heavy atom. The minimum absolute atomic E-state index is 0.0835. The summed E-state index contributed by atoms with van der Waals surface area (Å²) in [6.45, 7) is 1.78. The maximum atomic E-state index is 12.5. The molecule has 2 bridgehead atoms. The molecule has 2 fully saturated rings. The minimum atomic E-state index is -1.07. The van der Waals surface area contributed by atoms with Crippen LogP contribution in [0.3, 0.4) is 0 Å². The van der Waals surface area contributed by atoms with Gasteiger partial charge in [-0.05, 0) is 30.7 Å². The molecule has 4 rings (SSSR count). The highest BCUT2D eigenvalue weighted by molar-refractivity contribution is 5.82. The number of carbonyl (C=O) groups is 2. The van der Waals surface area contributed by atoms with Crippen LogP contribution in [0.1, 0.15) is 18.9 Å². The van der Waals surface area contributed by atoms with Crippen molar-refractivity contribution in [3.8, 4) is 0 Å². The van der Waals surface area contributed by atoms with Gasteiger partial charge in [-0.1, -0.05) is 42.5 Å². The molecule has 126 valence electrons. The number of rotatable bonds is 4. The van der Waals surface area contributed by atoms with Crippen LogP contribution in [0, 0.1) is 23.7 Å². The number of methoxy groups -OCH3 is 1. The van der Waals surface area contributed by atoms with Crippen LogP contribution in [0.15, 0.2) is 42.5 Å². The normalized spacial score (nSPS) is 35.4. The first-order valence-electron chi connectivity index (χ1n) is 8.35. The van der Waals surface area contributed by atoms with Crippen LogP contribution in [-0.2, 0) is 24.6 Å². The summed E-state index contributed by atoms with van der Waals surface area (Å²) in [7, 11) is 1.37. The van der Waals surface area contributed by atoms with Crippen LogP contribution < -0.4 is 5.32 Å². The largest absolute Gasteiger partial charge is 0.467 e. The predicted molar refractivity (Wildman–Crippen MR) is 86.5 cm³/mol. The lowest BCUT2D eigenvalue weighted by molar-refractivity contribution is -0.155. The van der Waals surface area contributed by atoms with Gasteiger partial charge in [0.05, 0.1) is 13.0 Å². The van der Waals surface area contributed by atoms with E-state index in [1.807, 2.05) is 30.3 Å². The molecule has 24 heavy (non-hydrogen) atoms. The number of fused-ring (bicyclic) bond motifs is 5. The van der Waals surface area contributed by atoms with Gasteiger partial charge in [0.1, 0.15) is 5.54 Å². The number of allylic oxidation sites excluding steroid dienone is 2. The SMILES string of the molecule is COC(=O)[C@](C)(N[C@@H]1OC(=O)[C@@H]2[C@H]1[C@@H]1C=C[C@H]2C1)c1ccccc1. The van der Waals surface area contributed by atoms with Gasteiger partial charge in [0, 0.05) is 5.92 Å². The third-order valence-electron chi connectivity index (χ3n) is 5.76. The minimum Gasteiger partial charge on any atom is -0.467 e. The predicted octanol–water partition coefficient (Wildman–Crippen LogP) is 1.99. The van der Waals surface area contributed by atoms with Crippen molar-refractivity contribution in [3.63, 3.8) is 0 Å². The van der Waals surface area contributed by atoms with E-state index in [0.717, 1.165) is 12.0 Å². The molecule has 1 saturated carbocycles. The Labute approximate surface area is 141 Å². The fourth-order valence-electron chi connectivity index (χ4n) is 4.53. The lowest BCUT2D eigenvalue weighted by atomic mass is 9.82. The highest BCUT2D eigenvalue weighted by Crippen LogP contribution is 2.53. The van der Waals surface area contributed by atoms with Gasteiger partial charge in [-0.25, -0.2) is 4.79 Å². The lowest BCUT2D eigenvalue weighted by Gasteiger charge is -2.34. The average Bonchev–Trinajstić information content (AvgIpc) is 3.29. The molecule has 0 aromatic heterocycles. The monoisotopic (exact) mass is 327 g/mol. The van der Waals surface area contributed by atoms with Gasteiger partial charge in [0.25, 0.3) is 0 Å². The molecule has 2 aliphatic carbocycles. The standard InChI is InChI=1S/C19H21NO4/c1-19(18(22)23-2,13-6-4-3-5-7-13)20-16-14-11-8-9-12(10-11)15(14)17(21)24-16/h3-9,11-12,14-16,20H,10H2,1-2H3/t11-,12+,14-,15+,16-,19-/m1/s1. The van der Waals surface area contributed by atoms with Gasteiger partial charge in [-0.15, -0.1) is 0 Å². The maximum Gasteiger partial charge on any atom is 0.330 e. The van der Waals surface area contributed by atoms with Crippen molar-refractivity contribution >= 4 is 11.9 Å². The second-order valence-electron chi connectivity index (χ2n) is 7.04. The fourth-order valence-corrected chi connectivity index (χ4v) is 4.53. The van der Waals surface area contributed by atoms with Crippen LogP contribution in [0.2, 0.25) is 0 Å². The van der Waals surface area contributed by atoms with Crippen molar-refractivity contribution in [2.45, 2.75) is 25.1 Å². The van der Waals surface area contributed by atoms with Crippen LogP contribution >= 0.6 is 0 Å². The molecule has 0 spiro atoms. The van der Waals surface area contributed by atoms with Crippen molar-refractivity contribution < 1.29 is 19.1 Å². The van der Waals surface area contributed by atoms with Crippen LogP contribution in [-0.4, -0.2) is 25.3 Å². The van der Waals surface area contributed by atoms with Crippen LogP contribution in [0.4, 0.5) is 0 Å². The maximum absolute atomic E-state index is 12.5. The molecule has 5 nitrogen and oxygen atoms in total. The van der Waals surface area contributed by atoms with E-state index in [9.17, 15) is 9.59 Å². The Morgan fingerprint density at radius 3 is 2.67 bits per heavy atom. The molecule has 1 N–H and O–H groups in total. The molecule has 0 amide bonds. The zero-order valence-corrected chi connectivity index (χ0v) is 13.8. The summed E-state index contributed by atoms with van der Waals surface area (Å²) in [5, 5.41) is 3.29. The molecule has 3 aliphatic rings. The first kappa shape index (κ1) is 15.4. The number of esters is 2. The number of hydrogen-bond acceptors (Lipinski definition) is 5. The summed E-state index contributed by atoms with van der Waals surface area (Å²) in [6.07, 6.45) is 4.84. The first-order chi connectivity index (χ1) is 11.5. The van der Waals surface area contributed by atoms with Gasteiger partial charge < -0.3 is 9.47 Å². The molecule has 0 unspecified atom stereocenters. The Hall–Kier alpha value is -2.14. The van der Waals surface area contributed by atoms with Gasteiger partial charge in [-0.3, -0.25) is 10.1 Å². The van der Waals surface area contributed by atoms with E-state index >= 15 is 0 Å². The molecule has 5 heteroatoms. The Kier molecular flexibility index (Phi) is 3.49. The molecule has 1 heterocycles. The first-order valence-corrected chi connectivity index (χ1v) is 8.35. The van der Waals surface area contributed by atoms with Crippen molar-refractivity contribution in [2.75, 3.05) is 7.11 Å². The van der Waals surface area contributed by atoms with Crippen molar-refractivity contribution in [2.24, 2.45) is 23.7 Å². The summed E-state index contributed by atoms with van der Waals surface area (Å²) in [5.74, 6) is 0.0546. The van der Waals surface area contributed by atoms with Gasteiger partial charge in [0.15, 0.2) is 6.23 Å². The molecule has 1 aliphatic heterocycles. The van der Waals surface area contributed by atoms with E-state index in [1.54, 1.807) is 6.92 Å². The van der Waals surface area contributed by atoms with E-state index in [4.69, 9.17) is 9.47 Å². The van der Waals surface area contributed by atoms with Crippen LogP contribution in [0.25, 0.3) is 0 Å². The number of cyclic esters (lactones) is 1. The second-order valence-corrected chi connectivity index (χ2v) is 7.04. The molecular formula is C19H21NO4. The number of carbonyl (C=O) groups excluding carboxylic acids is 2. The zero-order chi connectivity index (χ0) is 16.9. The molecule has 6 atom stereocenters. The zero-order valence-electron chi connectivity index (χ0n) is 13.8. The van der Waals surface area contributed by atoms with E-state index in [1.165, 1.54) is 7.11 Å². The van der Waals surface area contributed by atoms with E-state index < -0.39 is 17.7 Å². The lowest BCUT2D eigenvalue weighted by Crippen LogP contribution is -2.54. The molecule has 1 saturated heterocycles. The van der Waals surface area contributed by atoms with Gasteiger partial charge in [0.2, 0.25) is 0 Å². The Balaban J connectivity index is 1.65. The average molecular weight is 327 g/mol. The Bertz CT molecular complexity index is 701. The van der Waals surface area contributed by atoms with Gasteiger partial charge >= 0.3 is 11.9 Å². The number of hydrogen-bond donors (Lipinski definition) is 1. The molecular weight excluding hydrogens is 306 g/mol. The summed E-state index contributed by atoms with van der Waals surface area (Å²) < 4.78 is 10.6.